The van der Waals surface area contributed by atoms with Crippen molar-refractivity contribution in [3.8, 4) is 22.7 Å². The highest BCUT2D eigenvalue weighted by Crippen LogP contribution is 2.35. The molecule has 0 fully saturated rings. The van der Waals surface area contributed by atoms with E-state index in [0.29, 0.717) is 10.6 Å². The molecule has 4 aromatic carbocycles. The number of rotatable bonds is 11. The van der Waals surface area contributed by atoms with Crippen molar-refractivity contribution in [3.05, 3.63) is 158 Å². The van der Waals surface area contributed by atoms with E-state index in [4.69, 9.17) is 51.7 Å². The number of benzene rings is 4. The van der Waals surface area contributed by atoms with E-state index in [0.717, 1.165) is 22.7 Å². The molecule has 7 aromatic rings. The fourth-order valence-electron chi connectivity index (χ4n) is 5.28. The Balaban J connectivity index is 0.000000216. The molecule has 0 atom stereocenters. The number of sulfonamides is 2. The van der Waals surface area contributed by atoms with Crippen molar-refractivity contribution < 1.29 is 26.4 Å². The number of hydrogen-bond donors (Lipinski definition) is 6. The largest absolute Gasteiger partial charge is 0.323 e. The Labute approximate surface area is 394 Å². The average Bonchev–Trinajstić information content (AvgIpc) is 4.01. The van der Waals surface area contributed by atoms with Crippen LogP contribution in [0.4, 0.5) is 43.7 Å². The number of nitrogens with one attached hydrogen (secondary N) is 6. The van der Waals surface area contributed by atoms with Crippen LogP contribution in [0.15, 0.2) is 135 Å². The molecule has 324 valence electrons. The minimum atomic E-state index is -4.03. The summed E-state index contributed by atoms with van der Waals surface area (Å²) >= 11 is 26.1. The molecule has 0 saturated carbocycles. The molecule has 3 heterocycles. The Kier molecular flexibility index (Phi) is 15.4. The van der Waals surface area contributed by atoms with Crippen molar-refractivity contribution in [1.82, 2.24) is 4.98 Å². The van der Waals surface area contributed by atoms with E-state index in [2.05, 4.69) is 35.7 Å². The number of anilines is 6. The van der Waals surface area contributed by atoms with Crippen molar-refractivity contribution in [2.75, 3.05) is 30.7 Å². The third kappa shape index (κ3) is 12.0. The molecule has 0 saturated heterocycles. The Morgan fingerprint density at radius 1 is 0.547 bits per heavy atom. The first-order valence-corrected chi connectivity index (χ1v) is 24.0. The summed E-state index contributed by atoms with van der Waals surface area (Å²) in [6.07, 6.45) is 1.62. The standard InChI is InChI=1S/C23H15Cl2N5O3S2.C18H12Cl2N4O3S2/c24-15-4-3-6-18(22(15)25)29-23(31)28-16-8-7-14(13-26)12-19(16)30-35(32,33)21-10-9-20(34-21)17-5-1-2-11-27-17;19-12-3-1-4-14(17(12)20)23-18(25)22-13-7-6-11(10-21)9-15(13)24-29(26,27)16-5-2-8-28-16/h1-12,30H,(H2,28,29,31);1-9,24H,(H2,22,23,25). The van der Waals surface area contributed by atoms with Crippen molar-refractivity contribution >= 4 is 135 Å². The molecule has 64 heavy (non-hydrogen) atoms. The molecule has 3 aromatic heterocycles. The number of urea groups is 2. The zero-order valence-corrected chi connectivity index (χ0v) is 38.4. The maximum absolute atomic E-state index is 13.1. The van der Waals surface area contributed by atoms with Gasteiger partial charge in [0.1, 0.15) is 8.42 Å². The van der Waals surface area contributed by atoms with E-state index < -0.39 is 32.1 Å². The first-order valence-electron chi connectivity index (χ1n) is 17.8. The number of pyridine rings is 1. The van der Waals surface area contributed by atoms with E-state index in [-0.39, 0.29) is 73.8 Å². The van der Waals surface area contributed by atoms with Crippen LogP contribution in [-0.4, -0.2) is 33.9 Å². The van der Waals surface area contributed by atoms with E-state index in [1.807, 2.05) is 12.1 Å². The van der Waals surface area contributed by atoms with Crippen LogP contribution in [-0.2, 0) is 20.0 Å². The fourth-order valence-corrected chi connectivity index (χ4v) is 10.4. The lowest BCUT2D eigenvalue weighted by atomic mass is 10.2. The molecule has 4 amide bonds. The molecule has 6 N–H and O–H groups in total. The van der Waals surface area contributed by atoms with Gasteiger partial charge in [0.2, 0.25) is 0 Å². The van der Waals surface area contributed by atoms with Gasteiger partial charge in [0.25, 0.3) is 20.0 Å². The predicted molar refractivity (Wildman–Crippen MR) is 254 cm³/mol. The lowest BCUT2D eigenvalue weighted by Crippen LogP contribution is -2.21. The highest BCUT2D eigenvalue weighted by molar-refractivity contribution is 7.95. The number of nitrogens with zero attached hydrogens (tertiary/aromatic N) is 3. The second-order valence-electron chi connectivity index (χ2n) is 12.6. The monoisotopic (exact) mass is 1010 g/mol. The average molecular weight is 1010 g/mol. The van der Waals surface area contributed by atoms with Crippen LogP contribution in [0.5, 0.6) is 0 Å². The summed E-state index contributed by atoms with van der Waals surface area (Å²) in [5, 5.41) is 31.1. The Morgan fingerprint density at radius 3 is 1.53 bits per heavy atom. The third-order valence-corrected chi connectivity index (χ3v) is 15.6. The fraction of sp³-hybridized carbons (Fsp3) is 0. The molecular weight excluding hydrogens is 985 g/mol. The van der Waals surface area contributed by atoms with Crippen LogP contribution < -0.4 is 30.7 Å². The topological polar surface area (TPSA) is 235 Å². The molecular formula is C41H27Cl4N9O6S4. The van der Waals surface area contributed by atoms with Gasteiger partial charge in [0.05, 0.1) is 88.1 Å². The number of halogens is 4. The van der Waals surface area contributed by atoms with Crippen LogP contribution in [0.25, 0.3) is 10.6 Å². The second kappa shape index (κ2) is 20.9. The SMILES string of the molecule is N#Cc1ccc(NC(=O)Nc2cccc(Cl)c2Cl)c(NS(=O)(=O)c2ccc(-c3ccccn3)s2)c1.N#Cc1ccc(NC(=O)Nc2cccc(Cl)c2Cl)c(NS(=O)(=O)c2cccs2)c1. The molecule has 7 rings (SSSR count). The van der Waals surface area contributed by atoms with E-state index >= 15 is 0 Å². The quantitative estimate of drug-likeness (QED) is 0.0722. The summed E-state index contributed by atoms with van der Waals surface area (Å²) in [7, 11) is -7.91. The van der Waals surface area contributed by atoms with Crippen LogP contribution in [0.1, 0.15) is 11.1 Å². The van der Waals surface area contributed by atoms with Crippen molar-refractivity contribution in [1.29, 1.82) is 10.5 Å². The highest BCUT2D eigenvalue weighted by atomic mass is 35.5. The minimum Gasteiger partial charge on any atom is -0.306 e. The van der Waals surface area contributed by atoms with Gasteiger partial charge in [-0.3, -0.25) is 14.4 Å². The van der Waals surface area contributed by atoms with Gasteiger partial charge in [0, 0.05) is 6.20 Å². The van der Waals surface area contributed by atoms with E-state index in [9.17, 15) is 31.7 Å². The maximum atomic E-state index is 13.1. The molecule has 0 aliphatic rings. The van der Waals surface area contributed by atoms with Gasteiger partial charge in [-0.1, -0.05) is 70.7 Å². The van der Waals surface area contributed by atoms with Crippen LogP contribution >= 0.6 is 69.1 Å². The van der Waals surface area contributed by atoms with Gasteiger partial charge in [-0.05, 0) is 96.4 Å². The normalized spacial score (nSPS) is 10.8. The minimum absolute atomic E-state index is 0.0178. The Bertz CT molecular complexity index is 3180. The summed E-state index contributed by atoms with van der Waals surface area (Å²) < 4.78 is 56.2. The Morgan fingerprint density at radius 2 is 1.06 bits per heavy atom. The lowest BCUT2D eigenvalue weighted by molar-refractivity contribution is 0.261. The Hall–Kier alpha value is -6.39. The van der Waals surface area contributed by atoms with Crippen LogP contribution in [0.2, 0.25) is 20.1 Å². The van der Waals surface area contributed by atoms with Crippen molar-refractivity contribution in [2.24, 2.45) is 0 Å². The van der Waals surface area contributed by atoms with Crippen molar-refractivity contribution in [3.63, 3.8) is 0 Å². The van der Waals surface area contributed by atoms with E-state index in [1.165, 1.54) is 48.5 Å². The summed E-state index contributed by atoms with van der Waals surface area (Å²) in [4.78, 5) is 29.9. The van der Waals surface area contributed by atoms with Gasteiger partial charge < -0.3 is 21.3 Å². The van der Waals surface area contributed by atoms with Gasteiger partial charge in [-0.15, -0.1) is 22.7 Å². The van der Waals surface area contributed by atoms with Crippen LogP contribution in [0, 0.1) is 22.7 Å². The zero-order valence-electron chi connectivity index (χ0n) is 32.1. The zero-order chi connectivity index (χ0) is 46.0. The molecule has 0 unspecified atom stereocenters. The van der Waals surface area contributed by atoms with Gasteiger partial charge in [-0.2, -0.15) is 10.5 Å². The number of aromatic nitrogens is 1. The van der Waals surface area contributed by atoms with Gasteiger partial charge in [-0.25, -0.2) is 26.4 Å². The molecule has 23 heteroatoms. The van der Waals surface area contributed by atoms with Crippen LogP contribution in [0.3, 0.4) is 0 Å². The molecule has 0 spiro atoms. The maximum Gasteiger partial charge on any atom is 0.323 e. The van der Waals surface area contributed by atoms with Crippen molar-refractivity contribution in [2.45, 2.75) is 8.42 Å². The number of amides is 4. The van der Waals surface area contributed by atoms with Gasteiger partial charge in [0.15, 0.2) is 0 Å². The third-order valence-electron chi connectivity index (χ3n) is 8.21. The van der Waals surface area contributed by atoms with E-state index in [1.54, 1.807) is 78.3 Å². The smallest absolute Gasteiger partial charge is 0.306 e. The number of thiophene rings is 2. The first kappa shape index (κ1) is 47.1. The summed E-state index contributed by atoms with van der Waals surface area (Å²) in [5.74, 6) is 0. The number of carbonyl (C=O) groups is 2. The molecule has 0 bridgehead atoms. The summed E-state index contributed by atoms with van der Waals surface area (Å²) in [6.45, 7) is 0. The lowest BCUT2D eigenvalue weighted by Gasteiger charge is -2.14. The number of nitriles is 2. The number of hydrogen-bond acceptors (Lipinski definition) is 11. The predicted octanol–water partition coefficient (Wildman–Crippen LogP) is 11.8. The molecule has 0 aliphatic heterocycles. The number of carbonyl (C=O) groups excluding carboxylic acids is 2. The highest BCUT2D eigenvalue weighted by Gasteiger charge is 2.22. The molecule has 0 aliphatic carbocycles. The van der Waals surface area contributed by atoms with Gasteiger partial charge >= 0.3 is 12.1 Å². The first-order chi connectivity index (χ1) is 30.6. The molecule has 0 radical (unpaired) electrons. The summed E-state index contributed by atoms with van der Waals surface area (Å²) in [6, 6.07) is 31.9. The second-order valence-corrected chi connectivity index (χ2v) is 20.0. The summed E-state index contributed by atoms with van der Waals surface area (Å²) in [5.41, 5.74) is 1.96. The molecule has 15 nitrogen and oxygen atoms in total.